The molecule has 1 heterocycles. The van der Waals surface area contributed by atoms with Crippen molar-refractivity contribution in [2.45, 2.75) is 13.0 Å². The van der Waals surface area contributed by atoms with Crippen LogP contribution >= 0.6 is 24.0 Å². The minimum absolute atomic E-state index is 0. The zero-order valence-corrected chi connectivity index (χ0v) is 16.0. The predicted octanol–water partition coefficient (Wildman–Crippen LogP) is 4.25. The molecule has 0 amide bonds. The predicted molar refractivity (Wildman–Crippen MR) is 109 cm³/mol. The maximum absolute atomic E-state index is 11.4. The number of anilines is 2. The van der Waals surface area contributed by atoms with Gasteiger partial charge in [-0.25, -0.2) is 0 Å². The lowest BCUT2D eigenvalue weighted by molar-refractivity contribution is -0.384. The Kier molecular flexibility index (Phi) is 7.08. The first-order valence-electron chi connectivity index (χ1n) is 8.31. The topological polar surface area (TPSA) is 70.4 Å². The van der Waals surface area contributed by atoms with Crippen molar-refractivity contribution in [1.29, 1.82) is 0 Å². The maximum atomic E-state index is 11.4. The summed E-state index contributed by atoms with van der Waals surface area (Å²) in [5.41, 5.74) is 2.57. The fraction of sp³-hybridized carbons (Fsp3) is 0.333. The molecule has 0 bridgehead atoms. The molecule has 2 N–H and O–H groups in total. The molecule has 8 heteroatoms. The van der Waals surface area contributed by atoms with Crippen LogP contribution in [0, 0.1) is 10.1 Å². The van der Waals surface area contributed by atoms with Gasteiger partial charge in [-0.3, -0.25) is 10.1 Å². The number of rotatable bonds is 5. The van der Waals surface area contributed by atoms with Gasteiger partial charge >= 0.3 is 0 Å². The summed E-state index contributed by atoms with van der Waals surface area (Å²) < 4.78 is 0. The van der Waals surface area contributed by atoms with Gasteiger partial charge in [-0.15, -0.1) is 12.4 Å². The summed E-state index contributed by atoms with van der Waals surface area (Å²) in [5.74, 6) is 0. The normalized spacial score (nSPS) is 15.1. The average molecular weight is 397 g/mol. The number of nitrogens with one attached hydrogen (secondary N) is 2. The van der Waals surface area contributed by atoms with E-state index in [0.29, 0.717) is 10.7 Å². The van der Waals surface area contributed by atoms with E-state index in [-0.39, 0.29) is 29.1 Å². The van der Waals surface area contributed by atoms with Crippen LogP contribution in [0.25, 0.3) is 0 Å². The SMILES string of the molecule is CC(Nc1cc(N2CCNCC2)ccc1[N+](=O)[O-])c1cccc(Cl)c1.Cl. The third-order valence-corrected chi connectivity index (χ3v) is 4.61. The van der Waals surface area contributed by atoms with Gasteiger partial charge < -0.3 is 15.5 Å². The van der Waals surface area contributed by atoms with Crippen LogP contribution in [0.5, 0.6) is 0 Å². The van der Waals surface area contributed by atoms with Crippen LogP contribution < -0.4 is 15.5 Å². The molecule has 3 rings (SSSR count). The van der Waals surface area contributed by atoms with E-state index >= 15 is 0 Å². The van der Waals surface area contributed by atoms with Crippen molar-refractivity contribution in [1.82, 2.24) is 5.32 Å². The second-order valence-electron chi connectivity index (χ2n) is 6.12. The number of nitro groups is 1. The summed E-state index contributed by atoms with van der Waals surface area (Å²) in [7, 11) is 0. The lowest BCUT2D eigenvalue weighted by Gasteiger charge is -2.30. The molecule has 0 radical (unpaired) electrons. The lowest BCUT2D eigenvalue weighted by atomic mass is 10.1. The van der Waals surface area contributed by atoms with Crippen molar-refractivity contribution in [3.63, 3.8) is 0 Å². The Hall–Kier alpha value is -2.02. The zero-order chi connectivity index (χ0) is 17.8. The van der Waals surface area contributed by atoms with Crippen molar-refractivity contribution in [3.8, 4) is 0 Å². The van der Waals surface area contributed by atoms with E-state index in [9.17, 15) is 10.1 Å². The molecular formula is C18H22Cl2N4O2. The van der Waals surface area contributed by atoms with Gasteiger partial charge in [0.1, 0.15) is 5.69 Å². The van der Waals surface area contributed by atoms with Crippen molar-refractivity contribution < 1.29 is 4.92 Å². The van der Waals surface area contributed by atoms with E-state index in [2.05, 4.69) is 15.5 Å². The quantitative estimate of drug-likeness (QED) is 0.583. The highest BCUT2D eigenvalue weighted by Crippen LogP contribution is 2.32. The fourth-order valence-electron chi connectivity index (χ4n) is 3.01. The van der Waals surface area contributed by atoms with E-state index in [1.165, 1.54) is 0 Å². The largest absolute Gasteiger partial charge is 0.373 e. The summed E-state index contributed by atoms with van der Waals surface area (Å²) in [6.45, 7) is 5.58. The van der Waals surface area contributed by atoms with Crippen LogP contribution in [-0.2, 0) is 0 Å². The Morgan fingerprint density at radius 3 is 2.62 bits per heavy atom. The van der Waals surface area contributed by atoms with Gasteiger partial charge in [0.25, 0.3) is 5.69 Å². The Bertz CT molecular complexity index is 767. The third-order valence-electron chi connectivity index (χ3n) is 4.38. The maximum Gasteiger partial charge on any atom is 0.292 e. The van der Waals surface area contributed by atoms with E-state index in [1.54, 1.807) is 6.07 Å². The number of nitro benzene ring substituents is 1. The molecule has 0 aromatic heterocycles. The number of hydrogen-bond donors (Lipinski definition) is 2. The molecule has 0 aliphatic carbocycles. The van der Waals surface area contributed by atoms with E-state index in [0.717, 1.165) is 37.4 Å². The highest BCUT2D eigenvalue weighted by Gasteiger charge is 2.19. The van der Waals surface area contributed by atoms with Crippen LogP contribution in [0.2, 0.25) is 5.02 Å². The van der Waals surface area contributed by atoms with Crippen LogP contribution in [0.15, 0.2) is 42.5 Å². The molecule has 1 fully saturated rings. The van der Waals surface area contributed by atoms with E-state index in [1.807, 2.05) is 43.3 Å². The van der Waals surface area contributed by atoms with Crippen molar-refractivity contribution in [3.05, 3.63) is 63.2 Å². The van der Waals surface area contributed by atoms with Gasteiger partial charge in [0.15, 0.2) is 0 Å². The molecule has 2 aromatic rings. The highest BCUT2D eigenvalue weighted by atomic mass is 35.5. The molecular weight excluding hydrogens is 375 g/mol. The zero-order valence-electron chi connectivity index (χ0n) is 14.4. The Labute approximate surface area is 164 Å². The minimum atomic E-state index is -0.353. The summed E-state index contributed by atoms with van der Waals surface area (Å²) in [6.07, 6.45) is 0. The molecule has 1 atom stereocenters. The lowest BCUT2D eigenvalue weighted by Crippen LogP contribution is -2.43. The number of piperazine rings is 1. The van der Waals surface area contributed by atoms with E-state index in [4.69, 9.17) is 11.6 Å². The smallest absolute Gasteiger partial charge is 0.292 e. The summed E-state index contributed by atoms with van der Waals surface area (Å²) in [5, 5.41) is 18.6. The second kappa shape index (κ2) is 9.07. The Morgan fingerprint density at radius 1 is 1.23 bits per heavy atom. The van der Waals surface area contributed by atoms with Gasteiger partial charge in [-0.05, 0) is 36.8 Å². The monoisotopic (exact) mass is 396 g/mol. The van der Waals surface area contributed by atoms with Crippen LogP contribution in [0.4, 0.5) is 17.1 Å². The first-order valence-corrected chi connectivity index (χ1v) is 8.68. The summed E-state index contributed by atoms with van der Waals surface area (Å²) in [6, 6.07) is 12.7. The van der Waals surface area contributed by atoms with Gasteiger partial charge in [0, 0.05) is 49.0 Å². The molecule has 1 unspecified atom stereocenters. The van der Waals surface area contributed by atoms with Crippen LogP contribution in [0.1, 0.15) is 18.5 Å². The third kappa shape index (κ3) is 4.78. The molecule has 6 nitrogen and oxygen atoms in total. The highest BCUT2D eigenvalue weighted by molar-refractivity contribution is 6.30. The molecule has 0 saturated carbocycles. The molecule has 1 saturated heterocycles. The van der Waals surface area contributed by atoms with Gasteiger partial charge in [-0.2, -0.15) is 0 Å². The number of nitrogens with zero attached hydrogens (tertiary/aromatic N) is 2. The number of halogens is 2. The molecule has 26 heavy (non-hydrogen) atoms. The summed E-state index contributed by atoms with van der Waals surface area (Å²) >= 11 is 6.05. The van der Waals surface area contributed by atoms with E-state index < -0.39 is 0 Å². The molecule has 1 aliphatic rings. The fourth-order valence-corrected chi connectivity index (χ4v) is 3.21. The van der Waals surface area contributed by atoms with Crippen molar-refractivity contribution in [2.75, 3.05) is 36.4 Å². The first-order chi connectivity index (χ1) is 12.0. The molecule has 140 valence electrons. The van der Waals surface area contributed by atoms with Gasteiger partial charge in [-0.1, -0.05) is 23.7 Å². The second-order valence-corrected chi connectivity index (χ2v) is 6.55. The Morgan fingerprint density at radius 2 is 1.96 bits per heavy atom. The van der Waals surface area contributed by atoms with Crippen molar-refractivity contribution >= 4 is 41.1 Å². The molecule has 0 spiro atoms. The molecule has 1 aliphatic heterocycles. The standard InChI is InChI=1S/C18H21ClN4O2.ClH/c1-13(14-3-2-4-15(19)11-14)21-17-12-16(5-6-18(17)23(24)25)22-9-7-20-8-10-22;/h2-6,11-13,20-21H,7-10H2,1H3;1H. The first kappa shape index (κ1) is 20.3. The van der Waals surface area contributed by atoms with Gasteiger partial charge in [0.05, 0.1) is 4.92 Å². The molecule has 2 aromatic carbocycles. The average Bonchev–Trinajstić information content (AvgIpc) is 2.62. The van der Waals surface area contributed by atoms with Crippen LogP contribution in [-0.4, -0.2) is 31.1 Å². The minimum Gasteiger partial charge on any atom is -0.373 e. The summed E-state index contributed by atoms with van der Waals surface area (Å²) in [4.78, 5) is 13.3. The van der Waals surface area contributed by atoms with Crippen molar-refractivity contribution in [2.24, 2.45) is 0 Å². The number of hydrogen-bond acceptors (Lipinski definition) is 5. The Balaban J connectivity index is 0.00000243. The van der Waals surface area contributed by atoms with Crippen LogP contribution in [0.3, 0.4) is 0 Å². The number of benzene rings is 2. The van der Waals surface area contributed by atoms with Gasteiger partial charge in [0.2, 0.25) is 0 Å².